The van der Waals surface area contributed by atoms with Gasteiger partial charge in [0.2, 0.25) is 17.7 Å². The molecule has 3 amide bonds. The zero-order valence-electron chi connectivity index (χ0n) is 17.8. The predicted octanol–water partition coefficient (Wildman–Crippen LogP) is 2.34. The van der Waals surface area contributed by atoms with Gasteiger partial charge in [0, 0.05) is 37.7 Å². The number of carbonyl (C=O) groups excluding carboxylic acids is 3. The average Bonchev–Trinajstić information content (AvgIpc) is 3.41. The molecular formula is C22H28N4O5. The summed E-state index contributed by atoms with van der Waals surface area (Å²) >= 11 is 0. The number of carbonyl (C=O) groups is 3. The lowest BCUT2D eigenvalue weighted by Crippen LogP contribution is -2.43. The van der Waals surface area contributed by atoms with E-state index in [0.717, 1.165) is 18.4 Å². The maximum Gasteiger partial charge on any atom is 0.240 e. The smallest absolute Gasteiger partial charge is 0.240 e. The minimum atomic E-state index is -0.353. The lowest BCUT2D eigenvalue weighted by Gasteiger charge is -2.23. The number of benzene rings is 1. The topological polar surface area (TPSA) is 114 Å². The van der Waals surface area contributed by atoms with Crippen LogP contribution in [0.5, 0.6) is 0 Å². The number of aryl methyl sites for hydroxylation is 2. The number of rotatable bonds is 9. The largest absolute Gasteiger partial charge is 0.376 e. The Balaban J connectivity index is 1.58. The first kappa shape index (κ1) is 22.5. The molecule has 0 aliphatic carbocycles. The van der Waals surface area contributed by atoms with Crippen LogP contribution < -0.4 is 15.5 Å². The van der Waals surface area contributed by atoms with Crippen molar-refractivity contribution in [1.29, 1.82) is 0 Å². The van der Waals surface area contributed by atoms with Gasteiger partial charge in [0.05, 0.1) is 6.10 Å². The van der Waals surface area contributed by atoms with Crippen LogP contribution in [0, 0.1) is 13.8 Å². The molecule has 0 unspecified atom stereocenters. The zero-order valence-corrected chi connectivity index (χ0v) is 17.8. The second-order valence-corrected chi connectivity index (χ2v) is 7.63. The van der Waals surface area contributed by atoms with Gasteiger partial charge in [-0.05, 0) is 38.8 Å². The van der Waals surface area contributed by atoms with Gasteiger partial charge < -0.3 is 24.8 Å². The molecule has 3 rings (SSSR count). The van der Waals surface area contributed by atoms with E-state index in [-0.39, 0.29) is 43.2 Å². The molecule has 0 radical (unpaired) electrons. The van der Waals surface area contributed by atoms with Crippen LogP contribution in [0.3, 0.4) is 0 Å². The van der Waals surface area contributed by atoms with Crippen molar-refractivity contribution < 1.29 is 23.6 Å². The molecule has 31 heavy (non-hydrogen) atoms. The van der Waals surface area contributed by atoms with E-state index in [1.165, 1.54) is 4.90 Å². The highest BCUT2D eigenvalue weighted by atomic mass is 16.5. The number of ether oxygens (including phenoxy) is 1. The van der Waals surface area contributed by atoms with Crippen molar-refractivity contribution in [2.24, 2.45) is 0 Å². The highest BCUT2D eigenvalue weighted by Crippen LogP contribution is 2.17. The highest BCUT2D eigenvalue weighted by molar-refractivity contribution is 6.01. The molecular weight excluding hydrogens is 400 g/mol. The Morgan fingerprint density at radius 1 is 1.13 bits per heavy atom. The van der Waals surface area contributed by atoms with E-state index in [1.54, 1.807) is 25.1 Å². The number of anilines is 2. The second kappa shape index (κ2) is 10.7. The average molecular weight is 428 g/mol. The maximum atomic E-state index is 12.9. The molecule has 0 spiro atoms. The van der Waals surface area contributed by atoms with Crippen LogP contribution in [-0.4, -0.2) is 48.7 Å². The molecule has 2 aromatic rings. The molecule has 2 N–H and O–H groups in total. The number of nitrogens with one attached hydrogen (secondary N) is 2. The third-order valence-electron chi connectivity index (χ3n) is 4.96. The first-order chi connectivity index (χ1) is 14.9. The van der Waals surface area contributed by atoms with Crippen molar-refractivity contribution in [2.45, 2.75) is 45.6 Å². The molecule has 1 aromatic carbocycles. The molecule has 1 atom stereocenters. The predicted molar refractivity (Wildman–Crippen MR) is 115 cm³/mol. The molecule has 166 valence electrons. The van der Waals surface area contributed by atoms with Crippen LogP contribution in [-0.2, 0) is 19.1 Å². The van der Waals surface area contributed by atoms with Crippen molar-refractivity contribution in [3.8, 4) is 0 Å². The van der Waals surface area contributed by atoms with Gasteiger partial charge in [-0.25, -0.2) is 0 Å². The van der Waals surface area contributed by atoms with Gasteiger partial charge in [-0.1, -0.05) is 22.9 Å². The van der Waals surface area contributed by atoms with Crippen LogP contribution in [0.4, 0.5) is 11.5 Å². The molecule has 1 fully saturated rings. The van der Waals surface area contributed by atoms with E-state index in [9.17, 15) is 14.4 Å². The lowest BCUT2D eigenvalue weighted by atomic mass is 10.2. The lowest BCUT2D eigenvalue weighted by molar-refractivity contribution is -0.125. The number of aromatic nitrogens is 1. The summed E-state index contributed by atoms with van der Waals surface area (Å²) in [6, 6.07) is 8.92. The Morgan fingerprint density at radius 2 is 1.90 bits per heavy atom. The van der Waals surface area contributed by atoms with Crippen molar-refractivity contribution >= 4 is 29.2 Å². The maximum absolute atomic E-state index is 12.9. The van der Waals surface area contributed by atoms with Gasteiger partial charge in [0.25, 0.3) is 0 Å². The van der Waals surface area contributed by atoms with E-state index in [1.807, 2.05) is 19.1 Å². The van der Waals surface area contributed by atoms with Crippen LogP contribution in [0.1, 0.15) is 37.0 Å². The zero-order chi connectivity index (χ0) is 22.2. The fourth-order valence-corrected chi connectivity index (χ4v) is 3.27. The third kappa shape index (κ3) is 6.92. The van der Waals surface area contributed by atoms with Crippen molar-refractivity contribution in [2.75, 3.05) is 29.9 Å². The SMILES string of the molecule is Cc1ccc(N(CC(=O)NC[C@H]2CCCO2)C(=O)CCC(=O)Nc2cc(C)on2)cc1. The van der Waals surface area contributed by atoms with Crippen LogP contribution in [0.2, 0.25) is 0 Å². The molecule has 2 heterocycles. The van der Waals surface area contributed by atoms with Gasteiger partial charge in [0.15, 0.2) is 5.82 Å². The second-order valence-electron chi connectivity index (χ2n) is 7.63. The standard InChI is InChI=1S/C22H28N4O5/c1-15-5-7-17(8-6-15)26(14-21(28)23-13-18-4-3-11-30-18)22(29)10-9-20(27)24-19-12-16(2)31-25-19/h5-8,12,18H,3-4,9-11,13-14H2,1-2H3,(H,23,28)(H,24,25,27)/t18-/m1/s1. The first-order valence-corrected chi connectivity index (χ1v) is 10.4. The molecule has 9 heteroatoms. The number of nitrogens with zero attached hydrogens (tertiary/aromatic N) is 2. The Bertz CT molecular complexity index is 903. The molecule has 1 aliphatic heterocycles. The number of hydrogen-bond acceptors (Lipinski definition) is 6. The van der Waals surface area contributed by atoms with E-state index >= 15 is 0 Å². The van der Waals surface area contributed by atoms with E-state index in [4.69, 9.17) is 9.26 Å². The first-order valence-electron chi connectivity index (χ1n) is 10.4. The van der Waals surface area contributed by atoms with Crippen molar-refractivity contribution in [3.05, 3.63) is 41.7 Å². The monoisotopic (exact) mass is 428 g/mol. The summed E-state index contributed by atoms with van der Waals surface area (Å²) in [6.45, 7) is 4.67. The molecule has 1 aromatic heterocycles. The van der Waals surface area contributed by atoms with Gasteiger partial charge >= 0.3 is 0 Å². The number of amides is 3. The van der Waals surface area contributed by atoms with Crippen LogP contribution >= 0.6 is 0 Å². The van der Waals surface area contributed by atoms with E-state index in [0.29, 0.717) is 30.4 Å². The Labute approximate surface area is 181 Å². The minimum Gasteiger partial charge on any atom is -0.376 e. The quantitative estimate of drug-likeness (QED) is 0.634. The molecule has 0 bridgehead atoms. The molecule has 1 saturated heterocycles. The van der Waals surface area contributed by atoms with E-state index in [2.05, 4.69) is 15.8 Å². The molecule has 1 aliphatic rings. The van der Waals surface area contributed by atoms with Gasteiger partial charge in [-0.3, -0.25) is 14.4 Å². The Hall–Kier alpha value is -3.20. The fourth-order valence-electron chi connectivity index (χ4n) is 3.27. The molecule has 0 saturated carbocycles. The fraction of sp³-hybridized carbons (Fsp3) is 0.455. The summed E-state index contributed by atoms with van der Waals surface area (Å²) in [5.74, 6) is -0.0623. The van der Waals surface area contributed by atoms with E-state index < -0.39 is 0 Å². The van der Waals surface area contributed by atoms with Gasteiger partial charge in [-0.2, -0.15) is 0 Å². The summed E-state index contributed by atoms with van der Waals surface area (Å²) in [6.07, 6.45) is 1.85. The van der Waals surface area contributed by atoms with Crippen LogP contribution in [0.25, 0.3) is 0 Å². The number of hydrogen-bond donors (Lipinski definition) is 2. The summed E-state index contributed by atoms with van der Waals surface area (Å²) in [5.41, 5.74) is 1.65. The Kier molecular flexibility index (Phi) is 7.77. The van der Waals surface area contributed by atoms with Gasteiger partial charge in [0.1, 0.15) is 12.3 Å². The highest BCUT2D eigenvalue weighted by Gasteiger charge is 2.22. The summed E-state index contributed by atoms with van der Waals surface area (Å²) < 4.78 is 10.4. The summed E-state index contributed by atoms with van der Waals surface area (Å²) in [7, 11) is 0. The van der Waals surface area contributed by atoms with Crippen LogP contribution in [0.15, 0.2) is 34.9 Å². The summed E-state index contributed by atoms with van der Waals surface area (Å²) in [5, 5.41) is 9.12. The Morgan fingerprint density at radius 3 is 2.55 bits per heavy atom. The van der Waals surface area contributed by atoms with Crippen molar-refractivity contribution in [3.63, 3.8) is 0 Å². The van der Waals surface area contributed by atoms with Gasteiger partial charge in [-0.15, -0.1) is 0 Å². The minimum absolute atomic E-state index is 0.0244. The van der Waals surface area contributed by atoms with Crippen molar-refractivity contribution in [1.82, 2.24) is 10.5 Å². The normalized spacial score (nSPS) is 15.5. The third-order valence-corrected chi connectivity index (χ3v) is 4.96. The molecule has 9 nitrogen and oxygen atoms in total. The summed E-state index contributed by atoms with van der Waals surface area (Å²) in [4.78, 5) is 38.9.